The van der Waals surface area contributed by atoms with Crippen LogP contribution in [0.1, 0.15) is 50.7 Å². The third-order valence-electron chi connectivity index (χ3n) is 5.98. The summed E-state index contributed by atoms with van der Waals surface area (Å²) in [6.07, 6.45) is 7.53. The summed E-state index contributed by atoms with van der Waals surface area (Å²) in [5.41, 5.74) is 1.98. The summed E-state index contributed by atoms with van der Waals surface area (Å²) in [5.74, 6) is 0.348. The number of carbonyl (C=O) groups excluding carboxylic acids is 2. The number of carbonyl (C=O) groups is 2. The molecule has 29 heavy (non-hydrogen) atoms. The number of methoxy groups -OCH3 is 1. The van der Waals surface area contributed by atoms with Crippen molar-refractivity contribution in [2.24, 2.45) is 5.92 Å². The minimum absolute atomic E-state index is 0.0268. The first-order valence-corrected chi connectivity index (χ1v) is 10.5. The first kappa shape index (κ1) is 21.5. The average molecular weight is 401 g/mol. The molecular weight excluding hydrogens is 368 g/mol. The molecule has 3 atom stereocenters. The van der Waals surface area contributed by atoms with E-state index in [0.717, 1.165) is 43.6 Å². The maximum atomic E-state index is 12.4. The Morgan fingerprint density at radius 1 is 1.28 bits per heavy atom. The van der Waals surface area contributed by atoms with E-state index in [1.54, 1.807) is 12.0 Å². The number of amides is 2. The second-order valence-electron chi connectivity index (χ2n) is 7.95. The van der Waals surface area contributed by atoms with E-state index in [2.05, 4.69) is 6.92 Å². The number of aliphatic hydroxyl groups is 1. The van der Waals surface area contributed by atoms with Gasteiger partial charge in [0.1, 0.15) is 0 Å². The van der Waals surface area contributed by atoms with Gasteiger partial charge in [-0.05, 0) is 37.0 Å². The third-order valence-corrected chi connectivity index (χ3v) is 5.98. The number of ether oxygens (including phenoxy) is 1. The molecule has 0 spiro atoms. The minimum Gasteiger partial charge on any atom is -0.394 e. The Hall–Kier alpha value is -2.18. The topological polar surface area (TPSA) is 70.1 Å². The number of hydrogen-bond donors (Lipinski definition) is 1. The van der Waals surface area contributed by atoms with E-state index < -0.39 is 0 Å². The van der Waals surface area contributed by atoms with Gasteiger partial charge in [0, 0.05) is 44.6 Å². The Labute approximate surface area is 173 Å². The first-order chi connectivity index (χ1) is 14.0. The van der Waals surface area contributed by atoms with E-state index in [4.69, 9.17) is 4.74 Å². The largest absolute Gasteiger partial charge is 0.394 e. The number of aliphatic hydroxyl groups excluding tert-OH is 1. The molecule has 0 aliphatic carbocycles. The van der Waals surface area contributed by atoms with Crippen molar-refractivity contribution in [3.05, 3.63) is 42.0 Å². The van der Waals surface area contributed by atoms with Crippen molar-refractivity contribution in [1.82, 2.24) is 4.90 Å². The minimum atomic E-state index is -0.123. The molecule has 6 nitrogen and oxygen atoms in total. The van der Waals surface area contributed by atoms with Crippen molar-refractivity contribution in [2.75, 3.05) is 31.7 Å². The number of benzene rings is 1. The fourth-order valence-electron chi connectivity index (χ4n) is 4.37. The monoisotopic (exact) mass is 400 g/mol. The van der Waals surface area contributed by atoms with Gasteiger partial charge >= 0.3 is 0 Å². The van der Waals surface area contributed by atoms with Crippen molar-refractivity contribution < 1.29 is 19.4 Å². The molecular formula is C23H32N2O4. The van der Waals surface area contributed by atoms with Gasteiger partial charge in [-0.25, -0.2) is 0 Å². The van der Waals surface area contributed by atoms with Crippen LogP contribution in [0.3, 0.4) is 0 Å². The van der Waals surface area contributed by atoms with Crippen molar-refractivity contribution in [2.45, 2.75) is 51.2 Å². The number of anilines is 1. The molecule has 2 aliphatic heterocycles. The van der Waals surface area contributed by atoms with Crippen LogP contribution in [0.5, 0.6) is 0 Å². The van der Waals surface area contributed by atoms with Gasteiger partial charge < -0.3 is 19.6 Å². The fraction of sp³-hybridized carbons (Fsp3) is 0.565. The SMILES string of the molecule is CO[C@H](c1ccc(N2CCCC2=O)cc1)[C@H](C)/C=C/CC(=O)N1CCC[C@H]1CO. The van der Waals surface area contributed by atoms with Gasteiger partial charge in [-0.3, -0.25) is 9.59 Å². The van der Waals surface area contributed by atoms with E-state index in [-0.39, 0.29) is 36.5 Å². The molecule has 158 valence electrons. The highest BCUT2D eigenvalue weighted by atomic mass is 16.5. The predicted octanol–water partition coefficient (Wildman–Crippen LogP) is 3.07. The average Bonchev–Trinajstić information content (AvgIpc) is 3.37. The van der Waals surface area contributed by atoms with E-state index in [9.17, 15) is 14.7 Å². The molecule has 6 heteroatoms. The van der Waals surface area contributed by atoms with Crippen molar-refractivity contribution in [1.29, 1.82) is 0 Å². The van der Waals surface area contributed by atoms with Crippen LogP contribution in [-0.4, -0.2) is 54.7 Å². The number of nitrogens with zero attached hydrogens (tertiary/aromatic N) is 2. The van der Waals surface area contributed by atoms with E-state index in [0.29, 0.717) is 12.8 Å². The lowest BCUT2D eigenvalue weighted by atomic mass is 9.96. The van der Waals surface area contributed by atoms with Gasteiger partial charge in [0.15, 0.2) is 0 Å². The highest BCUT2D eigenvalue weighted by molar-refractivity contribution is 5.95. The Morgan fingerprint density at radius 2 is 2.03 bits per heavy atom. The molecule has 2 amide bonds. The number of likely N-dealkylation sites (tertiary alicyclic amines) is 1. The van der Waals surface area contributed by atoms with Crippen LogP contribution in [0.25, 0.3) is 0 Å². The highest BCUT2D eigenvalue weighted by Crippen LogP contribution is 2.29. The van der Waals surface area contributed by atoms with Crippen LogP contribution in [0.4, 0.5) is 5.69 Å². The molecule has 0 bridgehead atoms. The standard InChI is InChI=1S/C23H32N2O4/c1-17(6-3-8-21(27)25-14-4-7-20(25)16-26)23(29-2)18-10-12-19(13-11-18)24-15-5-9-22(24)28/h3,6,10-13,17,20,23,26H,4-5,7-9,14-16H2,1-2H3/b6-3+/t17-,20+,23+/m1/s1. The first-order valence-electron chi connectivity index (χ1n) is 10.5. The molecule has 0 unspecified atom stereocenters. The second kappa shape index (κ2) is 10.0. The van der Waals surface area contributed by atoms with E-state index in [1.165, 1.54) is 0 Å². The van der Waals surface area contributed by atoms with Crippen LogP contribution in [0.15, 0.2) is 36.4 Å². The zero-order valence-electron chi connectivity index (χ0n) is 17.4. The normalized spacial score (nSPS) is 21.9. The zero-order valence-corrected chi connectivity index (χ0v) is 17.4. The lowest BCUT2D eigenvalue weighted by molar-refractivity contribution is -0.131. The van der Waals surface area contributed by atoms with Gasteiger partial charge in [0.25, 0.3) is 0 Å². The van der Waals surface area contributed by atoms with Gasteiger partial charge in [-0.2, -0.15) is 0 Å². The molecule has 3 rings (SSSR count). The second-order valence-corrected chi connectivity index (χ2v) is 7.95. The van der Waals surface area contributed by atoms with Crippen LogP contribution in [-0.2, 0) is 14.3 Å². The van der Waals surface area contributed by atoms with Crippen LogP contribution >= 0.6 is 0 Å². The Balaban J connectivity index is 1.58. The summed E-state index contributed by atoms with van der Waals surface area (Å²) >= 11 is 0. The van der Waals surface area contributed by atoms with Gasteiger partial charge in [-0.15, -0.1) is 0 Å². The van der Waals surface area contributed by atoms with E-state index >= 15 is 0 Å². The van der Waals surface area contributed by atoms with E-state index in [1.807, 2.05) is 41.3 Å². The number of rotatable bonds is 8. The third kappa shape index (κ3) is 5.06. The van der Waals surface area contributed by atoms with Gasteiger partial charge in [0.2, 0.25) is 11.8 Å². The lowest BCUT2D eigenvalue weighted by Crippen LogP contribution is -2.37. The number of hydrogen-bond acceptors (Lipinski definition) is 4. The zero-order chi connectivity index (χ0) is 20.8. The Bertz CT molecular complexity index is 731. The Kier molecular flexibility index (Phi) is 7.45. The Morgan fingerprint density at radius 3 is 2.66 bits per heavy atom. The summed E-state index contributed by atoms with van der Waals surface area (Å²) in [6.45, 7) is 3.63. The summed E-state index contributed by atoms with van der Waals surface area (Å²) in [4.78, 5) is 27.9. The van der Waals surface area contributed by atoms with Crippen molar-refractivity contribution in [3.8, 4) is 0 Å². The fourth-order valence-corrected chi connectivity index (χ4v) is 4.37. The molecule has 0 saturated carbocycles. The van der Waals surface area contributed by atoms with Gasteiger partial charge in [-0.1, -0.05) is 31.2 Å². The van der Waals surface area contributed by atoms with Crippen molar-refractivity contribution >= 4 is 17.5 Å². The summed E-state index contributed by atoms with van der Waals surface area (Å²) in [7, 11) is 1.69. The highest BCUT2D eigenvalue weighted by Gasteiger charge is 2.27. The maximum Gasteiger partial charge on any atom is 0.227 e. The lowest BCUT2D eigenvalue weighted by Gasteiger charge is -2.23. The molecule has 1 N–H and O–H groups in total. The summed E-state index contributed by atoms with van der Waals surface area (Å²) < 4.78 is 5.72. The molecule has 2 fully saturated rings. The molecule has 2 heterocycles. The van der Waals surface area contributed by atoms with Crippen LogP contribution in [0, 0.1) is 5.92 Å². The van der Waals surface area contributed by atoms with Crippen molar-refractivity contribution in [3.63, 3.8) is 0 Å². The maximum absolute atomic E-state index is 12.4. The summed E-state index contributed by atoms with van der Waals surface area (Å²) in [5, 5.41) is 9.38. The molecule has 1 aromatic rings. The molecule has 2 aliphatic rings. The van der Waals surface area contributed by atoms with Crippen LogP contribution in [0.2, 0.25) is 0 Å². The van der Waals surface area contributed by atoms with Gasteiger partial charge in [0.05, 0.1) is 18.8 Å². The quantitative estimate of drug-likeness (QED) is 0.681. The smallest absolute Gasteiger partial charge is 0.227 e. The summed E-state index contributed by atoms with van der Waals surface area (Å²) in [6, 6.07) is 7.96. The molecule has 1 aromatic carbocycles. The predicted molar refractivity (Wildman–Crippen MR) is 113 cm³/mol. The molecule has 0 aromatic heterocycles. The molecule has 2 saturated heterocycles. The molecule has 0 radical (unpaired) electrons. The van der Waals surface area contributed by atoms with Crippen LogP contribution < -0.4 is 4.90 Å².